The van der Waals surface area contributed by atoms with Gasteiger partial charge in [-0.25, -0.2) is 9.69 Å². The summed E-state index contributed by atoms with van der Waals surface area (Å²) in [5.74, 6) is -1.04. The molecule has 9 nitrogen and oxygen atoms in total. The first kappa shape index (κ1) is 22.2. The maximum Gasteiger partial charge on any atom is 0.335 e. The second-order valence-corrected chi connectivity index (χ2v) is 8.28. The molecule has 0 saturated carbocycles. The standard InChI is InChI=1S/C23H16BrN3O6/c1-12-7-13(2)9-15(8-12)26-22(29)18(21(28)25-23(26)30)11-16-4-6-20(33-16)17-5-3-14(27(31)32)10-19(17)24/h3-11H,1-2H3,(H,25,28,30)/b18-11+. The molecule has 0 bridgehead atoms. The lowest BCUT2D eigenvalue weighted by atomic mass is 10.1. The quantitative estimate of drug-likeness (QED) is 0.231. The van der Waals surface area contributed by atoms with E-state index >= 15 is 0 Å². The van der Waals surface area contributed by atoms with Crippen LogP contribution in [0.5, 0.6) is 0 Å². The number of nitrogens with zero attached hydrogens (tertiary/aromatic N) is 2. The molecule has 0 radical (unpaired) electrons. The minimum atomic E-state index is -0.833. The molecular formula is C23H16BrN3O6. The first-order chi connectivity index (χ1) is 15.6. The summed E-state index contributed by atoms with van der Waals surface area (Å²) >= 11 is 3.29. The molecule has 0 spiro atoms. The minimum Gasteiger partial charge on any atom is -0.457 e. The van der Waals surface area contributed by atoms with Crippen molar-refractivity contribution in [1.82, 2.24) is 5.32 Å². The summed E-state index contributed by atoms with van der Waals surface area (Å²) < 4.78 is 6.19. The number of benzene rings is 2. The number of aryl methyl sites for hydroxylation is 2. The Bertz CT molecular complexity index is 1350. The van der Waals surface area contributed by atoms with Gasteiger partial charge < -0.3 is 4.42 Å². The van der Waals surface area contributed by atoms with E-state index in [2.05, 4.69) is 21.2 Å². The van der Waals surface area contributed by atoms with Gasteiger partial charge in [-0.2, -0.15) is 0 Å². The van der Waals surface area contributed by atoms with Gasteiger partial charge >= 0.3 is 6.03 Å². The first-order valence-electron chi connectivity index (χ1n) is 9.68. The van der Waals surface area contributed by atoms with Crippen LogP contribution in [0.2, 0.25) is 0 Å². The van der Waals surface area contributed by atoms with E-state index < -0.39 is 22.8 Å². The molecule has 1 aliphatic rings. The topological polar surface area (TPSA) is 123 Å². The number of furan rings is 1. The number of hydrogen-bond donors (Lipinski definition) is 1. The Hall–Kier alpha value is -4.05. The van der Waals surface area contributed by atoms with Gasteiger partial charge in [0.25, 0.3) is 17.5 Å². The molecule has 33 heavy (non-hydrogen) atoms. The molecule has 1 aliphatic heterocycles. The molecule has 2 heterocycles. The van der Waals surface area contributed by atoms with Crippen LogP contribution in [-0.2, 0) is 9.59 Å². The zero-order valence-electron chi connectivity index (χ0n) is 17.4. The fourth-order valence-corrected chi connectivity index (χ4v) is 4.07. The fraction of sp³-hybridized carbons (Fsp3) is 0.0870. The van der Waals surface area contributed by atoms with E-state index in [9.17, 15) is 24.5 Å². The number of barbiturate groups is 1. The molecule has 1 saturated heterocycles. The molecule has 4 rings (SSSR count). The van der Waals surface area contributed by atoms with Crippen LogP contribution in [-0.4, -0.2) is 22.8 Å². The molecule has 1 N–H and O–H groups in total. The van der Waals surface area contributed by atoms with Crippen molar-refractivity contribution in [3.8, 4) is 11.3 Å². The monoisotopic (exact) mass is 509 g/mol. The Morgan fingerprint density at radius 3 is 2.36 bits per heavy atom. The number of hydrogen-bond acceptors (Lipinski definition) is 6. The highest BCUT2D eigenvalue weighted by molar-refractivity contribution is 9.10. The van der Waals surface area contributed by atoms with Crippen molar-refractivity contribution in [1.29, 1.82) is 0 Å². The van der Waals surface area contributed by atoms with Crippen molar-refractivity contribution in [2.75, 3.05) is 4.90 Å². The van der Waals surface area contributed by atoms with E-state index in [-0.39, 0.29) is 17.0 Å². The lowest BCUT2D eigenvalue weighted by Gasteiger charge is -2.26. The maximum absolute atomic E-state index is 13.1. The molecule has 166 valence electrons. The highest BCUT2D eigenvalue weighted by Crippen LogP contribution is 2.33. The number of non-ortho nitro benzene ring substituents is 1. The summed E-state index contributed by atoms with van der Waals surface area (Å²) in [6.45, 7) is 3.68. The molecule has 1 aromatic heterocycles. The van der Waals surface area contributed by atoms with Crippen molar-refractivity contribution in [3.63, 3.8) is 0 Å². The number of halogens is 1. The van der Waals surface area contributed by atoms with Crippen LogP contribution in [0.25, 0.3) is 17.4 Å². The van der Waals surface area contributed by atoms with Gasteiger partial charge in [0.05, 0.1) is 10.6 Å². The second-order valence-electron chi connectivity index (χ2n) is 7.43. The third-order valence-corrected chi connectivity index (χ3v) is 5.56. The average molecular weight is 510 g/mol. The van der Waals surface area contributed by atoms with E-state index in [4.69, 9.17) is 4.42 Å². The van der Waals surface area contributed by atoms with Gasteiger partial charge in [0.1, 0.15) is 17.1 Å². The van der Waals surface area contributed by atoms with E-state index in [1.165, 1.54) is 24.3 Å². The lowest BCUT2D eigenvalue weighted by molar-refractivity contribution is -0.384. The number of carbonyl (C=O) groups excluding carboxylic acids is 3. The Balaban J connectivity index is 1.68. The maximum atomic E-state index is 13.1. The molecular weight excluding hydrogens is 494 g/mol. The SMILES string of the molecule is Cc1cc(C)cc(N2C(=O)NC(=O)/C(=C\c3ccc(-c4ccc([N+](=O)[O-])cc4Br)o3)C2=O)c1. The molecule has 0 atom stereocenters. The van der Waals surface area contributed by atoms with Crippen LogP contribution in [0.3, 0.4) is 0 Å². The number of anilines is 1. The summed E-state index contributed by atoms with van der Waals surface area (Å²) in [7, 11) is 0. The predicted molar refractivity (Wildman–Crippen MR) is 123 cm³/mol. The van der Waals surface area contributed by atoms with Crippen LogP contribution in [0.4, 0.5) is 16.2 Å². The largest absolute Gasteiger partial charge is 0.457 e. The molecule has 0 unspecified atom stereocenters. The van der Waals surface area contributed by atoms with Crippen molar-refractivity contribution in [3.05, 3.63) is 85.6 Å². The summed E-state index contributed by atoms with van der Waals surface area (Å²) in [4.78, 5) is 49.2. The predicted octanol–water partition coefficient (Wildman–Crippen LogP) is 4.90. The van der Waals surface area contributed by atoms with Crippen LogP contribution in [0.15, 0.2) is 63.0 Å². The Labute approximate surface area is 196 Å². The lowest BCUT2D eigenvalue weighted by Crippen LogP contribution is -2.54. The summed E-state index contributed by atoms with van der Waals surface area (Å²) in [5.41, 5.74) is 2.27. The second kappa shape index (κ2) is 8.47. The smallest absolute Gasteiger partial charge is 0.335 e. The molecule has 10 heteroatoms. The van der Waals surface area contributed by atoms with Crippen LogP contribution >= 0.6 is 15.9 Å². The number of urea groups is 1. The number of rotatable bonds is 4. The van der Waals surface area contributed by atoms with E-state index in [1.807, 2.05) is 19.9 Å². The van der Waals surface area contributed by atoms with Gasteiger partial charge in [-0.15, -0.1) is 0 Å². The summed E-state index contributed by atoms with van der Waals surface area (Å²) in [6, 6.07) is 11.8. The summed E-state index contributed by atoms with van der Waals surface area (Å²) in [5, 5.41) is 13.1. The Morgan fingerprint density at radius 1 is 1.03 bits per heavy atom. The van der Waals surface area contributed by atoms with E-state index in [0.717, 1.165) is 16.0 Å². The third kappa shape index (κ3) is 4.33. The van der Waals surface area contributed by atoms with Gasteiger partial charge in [-0.05, 0) is 77.3 Å². The van der Waals surface area contributed by atoms with Gasteiger partial charge in [0.2, 0.25) is 0 Å². The number of amides is 4. The number of nitro benzene ring substituents is 1. The third-order valence-electron chi connectivity index (χ3n) is 4.91. The minimum absolute atomic E-state index is 0.0832. The first-order valence-corrected chi connectivity index (χ1v) is 10.5. The average Bonchev–Trinajstić information content (AvgIpc) is 3.18. The van der Waals surface area contributed by atoms with Crippen molar-refractivity contribution in [2.45, 2.75) is 13.8 Å². The molecule has 0 aliphatic carbocycles. The summed E-state index contributed by atoms with van der Waals surface area (Å²) in [6.07, 6.45) is 1.25. The number of nitrogens with one attached hydrogen (secondary N) is 1. The van der Waals surface area contributed by atoms with Crippen LogP contribution in [0, 0.1) is 24.0 Å². The van der Waals surface area contributed by atoms with Crippen molar-refractivity contribution >= 4 is 51.2 Å². The normalized spacial score (nSPS) is 15.2. The van der Waals surface area contributed by atoms with Gasteiger partial charge in [0, 0.05) is 22.2 Å². The van der Waals surface area contributed by atoms with Crippen LogP contribution in [0.1, 0.15) is 16.9 Å². The highest BCUT2D eigenvalue weighted by atomic mass is 79.9. The van der Waals surface area contributed by atoms with Crippen molar-refractivity contribution < 1.29 is 23.7 Å². The Kier molecular flexibility index (Phi) is 5.69. The molecule has 1 fully saturated rings. The zero-order chi connectivity index (χ0) is 23.9. The number of nitro groups is 1. The molecule has 3 aromatic rings. The van der Waals surface area contributed by atoms with Gasteiger partial charge in [0.15, 0.2) is 0 Å². The van der Waals surface area contributed by atoms with Crippen molar-refractivity contribution in [2.24, 2.45) is 0 Å². The fourth-order valence-electron chi connectivity index (χ4n) is 3.51. The zero-order valence-corrected chi connectivity index (χ0v) is 19.0. The highest BCUT2D eigenvalue weighted by Gasteiger charge is 2.37. The number of carbonyl (C=O) groups is 3. The van der Waals surface area contributed by atoms with Gasteiger partial charge in [-0.3, -0.25) is 25.0 Å². The van der Waals surface area contributed by atoms with E-state index in [1.54, 1.807) is 24.3 Å². The van der Waals surface area contributed by atoms with Crippen LogP contribution < -0.4 is 10.2 Å². The number of imide groups is 2. The Morgan fingerprint density at radius 2 is 1.73 bits per heavy atom. The molecule has 2 aromatic carbocycles. The van der Waals surface area contributed by atoms with Gasteiger partial charge in [-0.1, -0.05) is 6.07 Å². The van der Waals surface area contributed by atoms with E-state index in [0.29, 0.717) is 21.5 Å². The molecule has 4 amide bonds.